The molecule has 2 heterocycles. The first-order chi connectivity index (χ1) is 10.3. The third-order valence-corrected chi connectivity index (χ3v) is 5.12. The highest BCUT2D eigenvalue weighted by Gasteiger charge is 2.23. The van der Waals surface area contributed by atoms with E-state index >= 15 is 0 Å². The molecule has 0 amide bonds. The average molecular weight is 312 g/mol. The molecule has 0 aliphatic carbocycles. The molecular weight excluding hydrogens is 300 g/mol. The minimum Gasteiger partial charge on any atom is -0.312 e. The molecule has 0 saturated carbocycles. The molecule has 2 N–H and O–H groups in total. The summed E-state index contributed by atoms with van der Waals surface area (Å²) in [7, 11) is 0. The molecule has 6 heteroatoms. The van der Waals surface area contributed by atoms with Gasteiger partial charge in [-0.3, -0.25) is 5.73 Å². The van der Waals surface area contributed by atoms with Crippen LogP contribution in [0.2, 0.25) is 0 Å². The molecule has 1 atom stereocenters. The Bertz CT molecular complexity index is 711. The third kappa shape index (κ3) is 2.35. The number of rotatable bonds is 1. The van der Waals surface area contributed by atoms with Crippen molar-refractivity contribution in [2.24, 2.45) is 16.0 Å². The number of para-hydroxylation sites is 2. The molecular formula is C15H12N4S2. The lowest BCUT2D eigenvalue weighted by Gasteiger charge is -2.29. The summed E-state index contributed by atoms with van der Waals surface area (Å²) < 4.78 is 0. The zero-order valence-corrected chi connectivity index (χ0v) is 12.6. The molecule has 0 saturated heterocycles. The molecule has 2 aliphatic rings. The largest absolute Gasteiger partial charge is 0.312 e. The summed E-state index contributed by atoms with van der Waals surface area (Å²) >= 11 is 3.25. The smallest absolute Gasteiger partial charge is 0.171 e. The van der Waals surface area contributed by atoms with E-state index in [2.05, 4.69) is 51.5 Å². The quantitative estimate of drug-likeness (QED) is 0.840. The van der Waals surface area contributed by atoms with Gasteiger partial charge in [-0.05, 0) is 24.3 Å². The second-order valence-corrected chi connectivity index (χ2v) is 6.82. The molecule has 0 bridgehead atoms. The fraction of sp³-hybridized carbons (Fsp3) is 0.0667. The standard InChI is InChI=1S/C15H12N4S2/c16-15-18-17-14(21-15)9-19-10-5-1-3-7-12(10)20-13-8-4-2-6-11(13)19/h1-9,15H,16H2. The highest BCUT2D eigenvalue weighted by atomic mass is 32.2. The molecule has 1 unspecified atom stereocenters. The molecule has 0 radical (unpaired) electrons. The second-order valence-electron chi connectivity index (χ2n) is 4.60. The fourth-order valence-electron chi connectivity index (χ4n) is 2.32. The Morgan fingerprint density at radius 1 is 1.00 bits per heavy atom. The number of hydrogen-bond donors (Lipinski definition) is 1. The predicted octanol–water partition coefficient (Wildman–Crippen LogP) is 4.53. The van der Waals surface area contributed by atoms with E-state index in [4.69, 9.17) is 5.73 Å². The summed E-state index contributed by atoms with van der Waals surface area (Å²) in [4.78, 5) is 4.63. The number of fused-ring (bicyclic) bond motifs is 2. The van der Waals surface area contributed by atoms with Crippen LogP contribution in [0.4, 0.5) is 11.4 Å². The van der Waals surface area contributed by atoms with Crippen molar-refractivity contribution < 1.29 is 0 Å². The van der Waals surface area contributed by atoms with Crippen LogP contribution in [0.15, 0.2) is 79.8 Å². The van der Waals surface area contributed by atoms with Gasteiger partial charge in [-0.2, -0.15) is 5.11 Å². The third-order valence-electron chi connectivity index (χ3n) is 3.22. The molecule has 4 nitrogen and oxygen atoms in total. The van der Waals surface area contributed by atoms with Gasteiger partial charge >= 0.3 is 0 Å². The monoisotopic (exact) mass is 312 g/mol. The van der Waals surface area contributed by atoms with Crippen molar-refractivity contribution in [1.82, 2.24) is 0 Å². The Morgan fingerprint density at radius 3 is 2.19 bits per heavy atom. The SMILES string of the molecule is NC1N=NC(=CN2c3ccccc3Sc3ccccc32)S1. The van der Waals surface area contributed by atoms with Gasteiger partial charge in [0, 0.05) is 16.0 Å². The average Bonchev–Trinajstić information content (AvgIpc) is 2.92. The van der Waals surface area contributed by atoms with Crippen molar-refractivity contribution in [1.29, 1.82) is 0 Å². The molecule has 4 rings (SSSR count). The summed E-state index contributed by atoms with van der Waals surface area (Å²) in [5, 5.41) is 8.93. The molecule has 0 fully saturated rings. The summed E-state index contributed by atoms with van der Waals surface area (Å²) in [6.07, 6.45) is 2.01. The number of azo groups is 1. The van der Waals surface area contributed by atoms with E-state index in [0.29, 0.717) is 0 Å². The lowest BCUT2D eigenvalue weighted by molar-refractivity contribution is 0.927. The Kier molecular flexibility index (Phi) is 3.21. The zero-order valence-electron chi connectivity index (χ0n) is 11.0. The van der Waals surface area contributed by atoms with Gasteiger partial charge in [0.15, 0.2) is 5.50 Å². The van der Waals surface area contributed by atoms with Crippen molar-refractivity contribution >= 4 is 34.9 Å². The first kappa shape index (κ1) is 12.9. The Balaban J connectivity index is 1.84. The number of nitrogens with zero attached hydrogens (tertiary/aromatic N) is 3. The van der Waals surface area contributed by atoms with E-state index in [1.54, 1.807) is 11.8 Å². The highest BCUT2D eigenvalue weighted by Crippen LogP contribution is 2.48. The predicted molar refractivity (Wildman–Crippen MR) is 87.7 cm³/mol. The first-order valence-electron chi connectivity index (χ1n) is 6.51. The lowest BCUT2D eigenvalue weighted by atomic mass is 10.2. The van der Waals surface area contributed by atoms with E-state index in [1.807, 2.05) is 18.3 Å². The van der Waals surface area contributed by atoms with Crippen LogP contribution in [0.3, 0.4) is 0 Å². The van der Waals surface area contributed by atoms with E-state index < -0.39 is 0 Å². The van der Waals surface area contributed by atoms with Crippen LogP contribution >= 0.6 is 23.5 Å². The van der Waals surface area contributed by atoms with E-state index in [-0.39, 0.29) is 5.50 Å². The van der Waals surface area contributed by atoms with E-state index in [0.717, 1.165) is 16.4 Å². The van der Waals surface area contributed by atoms with Gasteiger partial charge < -0.3 is 4.90 Å². The van der Waals surface area contributed by atoms with Crippen LogP contribution in [-0.4, -0.2) is 5.50 Å². The number of anilines is 2. The number of nitrogens with two attached hydrogens (primary N) is 1. The Labute approximate surface area is 131 Å². The van der Waals surface area contributed by atoms with Gasteiger partial charge in [0.25, 0.3) is 0 Å². The van der Waals surface area contributed by atoms with Crippen LogP contribution < -0.4 is 10.6 Å². The van der Waals surface area contributed by atoms with E-state index in [1.165, 1.54) is 21.6 Å². The van der Waals surface area contributed by atoms with Crippen LogP contribution in [0.5, 0.6) is 0 Å². The fourth-order valence-corrected chi connectivity index (χ4v) is 4.00. The molecule has 2 aromatic carbocycles. The molecule has 21 heavy (non-hydrogen) atoms. The normalized spacial score (nSPS) is 21.5. The number of thioether (sulfide) groups is 1. The van der Waals surface area contributed by atoms with Gasteiger partial charge in [0.05, 0.1) is 11.4 Å². The topological polar surface area (TPSA) is 54.0 Å². The Hall–Kier alpha value is -1.76. The summed E-state index contributed by atoms with van der Waals surface area (Å²) in [6, 6.07) is 16.7. The van der Waals surface area contributed by atoms with Crippen molar-refractivity contribution in [3.05, 3.63) is 59.8 Å². The maximum Gasteiger partial charge on any atom is 0.171 e. The number of benzene rings is 2. The minimum absolute atomic E-state index is 0.291. The van der Waals surface area contributed by atoms with Gasteiger partial charge in [-0.15, -0.1) is 5.11 Å². The first-order valence-corrected chi connectivity index (χ1v) is 8.21. The highest BCUT2D eigenvalue weighted by molar-refractivity contribution is 8.03. The van der Waals surface area contributed by atoms with Crippen LogP contribution in [0.25, 0.3) is 0 Å². The van der Waals surface area contributed by atoms with Crippen molar-refractivity contribution in [2.45, 2.75) is 15.3 Å². The Morgan fingerprint density at radius 2 is 1.62 bits per heavy atom. The van der Waals surface area contributed by atoms with E-state index in [9.17, 15) is 0 Å². The second kappa shape index (κ2) is 5.22. The molecule has 2 aliphatic heterocycles. The minimum atomic E-state index is -0.291. The summed E-state index contributed by atoms with van der Waals surface area (Å²) in [6.45, 7) is 0. The van der Waals surface area contributed by atoms with Gasteiger partial charge in [-0.25, -0.2) is 0 Å². The molecule has 0 aromatic heterocycles. The lowest BCUT2D eigenvalue weighted by Crippen LogP contribution is -2.14. The van der Waals surface area contributed by atoms with Crippen LogP contribution in [-0.2, 0) is 0 Å². The maximum atomic E-state index is 5.76. The molecule has 2 aromatic rings. The zero-order chi connectivity index (χ0) is 14.2. The van der Waals surface area contributed by atoms with Crippen LogP contribution in [0.1, 0.15) is 0 Å². The van der Waals surface area contributed by atoms with Crippen molar-refractivity contribution in [2.75, 3.05) is 4.90 Å². The van der Waals surface area contributed by atoms with Crippen molar-refractivity contribution in [3.8, 4) is 0 Å². The van der Waals surface area contributed by atoms with Crippen molar-refractivity contribution in [3.63, 3.8) is 0 Å². The summed E-state index contributed by atoms with van der Waals surface area (Å²) in [5.74, 6) is 0. The maximum absolute atomic E-state index is 5.76. The number of hydrogen-bond acceptors (Lipinski definition) is 6. The summed E-state index contributed by atoms with van der Waals surface area (Å²) in [5.41, 5.74) is 7.78. The molecule has 104 valence electrons. The van der Waals surface area contributed by atoms with Crippen LogP contribution in [0, 0.1) is 0 Å². The van der Waals surface area contributed by atoms with Gasteiger partial charge in [0.1, 0.15) is 5.03 Å². The molecule has 0 spiro atoms. The van der Waals surface area contributed by atoms with Gasteiger partial charge in [-0.1, -0.05) is 47.8 Å². The van der Waals surface area contributed by atoms with Gasteiger partial charge in [0.2, 0.25) is 0 Å².